The second-order valence-corrected chi connectivity index (χ2v) is 7.32. The molecule has 0 spiro atoms. The van der Waals surface area contributed by atoms with Crippen LogP contribution in [-0.4, -0.2) is 21.2 Å². The molecule has 1 amide bonds. The predicted octanol–water partition coefficient (Wildman–Crippen LogP) is 4.15. The average molecular weight is 368 g/mol. The molecule has 0 radical (unpaired) electrons. The fourth-order valence-electron chi connectivity index (χ4n) is 2.26. The summed E-state index contributed by atoms with van der Waals surface area (Å²) >= 11 is 2.71. The lowest BCUT2D eigenvalue weighted by Gasteiger charge is -2.09. The number of rotatable bonds is 5. The first-order valence-electron chi connectivity index (χ1n) is 7.59. The summed E-state index contributed by atoms with van der Waals surface area (Å²) < 4.78 is 1.97. The van der Waals surface area contributed by atoms with Crippen molar-refractivity contribution in [2.75, 3.05) is 11.1 Å². The van der Waals surface area contributed by atoms with E-state index in [0.717, 1.165) is 10.8 Å². The molecular weight excluding hydrogens is 352 g/mol. The minimum atomic E-state index is -0.154. The van der Waals surface area contributed by atoms with Gasteiger partial charge in [0.15, 0.2) is 5.16 Å². The van der Waals surface area contributed by atoms with Gasteiger partial charge in [0, 0.05) is 18.1 Å². The second-order valence-electron chi connectivity index (χ2n) is 5.46. The fourth-order valence-corrected chi connectivity index (χ4v) is 3.78. The number of hydrogen-bond donors (Lipinski definition) is 1. The zero-order chi connectivity index (χ0) is 17.8. The molecule has 0 aliphatic rings. The number of nitrogens with zero attached hydrogens (tertiary/aromatic N) is 3. The lowest BCUT2D eigenvalue weighted by molar-refractivity contribution is -0.113. The Hall–Kier alpha value is -2.56. The van der Waals surface area contributed by atoms with Crippen molar-refractivity contribution >= 4 is 34.0 Å². The lowest BCUT2D eigenvalue weighted by atomic mass is 10.1. The Kier molecular flexibility index (Phi) is 5.22. The van der Waals surface area contributed by atoms with Crippen LogP contribution in [0.1, 0.15) is 16.7 Å². The molecule has 5 nitrogen and oxygen atoms in total. The van der Waals surface area contributed by atoms with E-state index in [0.29, 0.717) is 10.6 Å². The minimum absolute atomic E-state index is 0.154. The highest BCUT2D eigenvalue weighted by Crippen LogP contribution is 2.24. The number of nitriles is 1. The molecule has 0 saturated heterocycles. The summed E-state index contributed by atoms with van der Waals surface area (Å²) in [6.07, 6.45) is 3.61. The Labute approximate surface area is 154 Å². The highest BCUT2D eigenvalue weighted by molar-refractivity contribution is 7.99. The number of aryl methyl sites for hydroxylation is 2. The molecular formula is C18H16N4OS2. The van der Waals surface area contributed by atoms with Crippen molar-refractivity contribution in [3.8, 4) is 11.8 Å². The zero-order valence-electron chi connectivity index (χ0n) is 13.8. The molecule has 1 aromatic carbocycles. The number of anilines is 1. The molecule has 0 atom stereocenters. The largest absolute Gasteiger partial charge is 0.316 e. The molecule has 0 saturated carbocycles. The van der Waals surface area contributed by atoms with E-state index in [9.17, 15) is 4.79 Å². The Morgan fingerprint density at radius 3 is 2.96 bits per heavy atom. The average Bonchev–Trinajstić information content (AvgIpc) is 3.24. The topological polar surface area (TPSA) is 70.7 Å². The summed E-state index contributed by atoms with van der Waals surface area (Å²) in [5, 5.41) is 14.9. The highest BCUT2D eigenvalue weighted by Gasteiger charge is 2.12. The lowest BCUT2D eigenvalue weighted by Crippen LogP contribution is -2.14. The molecule has 0 bridgehead atoms. The SMILES string of the molecule is Cc1ccc(-n2ccnc2SCC(=O)Nc2sccc2C#N)cc1C. The molecule has 7 heteroatoms. The number of benzene rings is 1. The van der Waals surface area contributed by atoms with Gasteiger partial charge in [-0.1, -0.05) is 17.8 Å². The summed E-state index contributed by atoms with van der Waals surface area (Å²) in [6.45, 7) is 4.15. The number of thioether (sulfide) groups is 1. The number of hydrogen-bond acceptors (Lipinski definition) is 5. The maximum atomic E-state index is 12.1. The van der Waals surface area contributed by atoms with Gasteiger partial charge in [0.25, 0.3) is 0 Å². The van der Waals surface area contributed by atoms with Crippen LogP contribution in [0.3, 0.4) is 0 Å². The molecule has 0 unspecified atom stereocenters. The van der Waals surface area contributed by atoms with E-state index >= 15 is 0 Å². The number of imidazole rings is 1. The van der Waals surface area contributed by atoms with Gasteiger partial charge in [-0.3, -0.25) is 9.36 Å². The van der Waals surface area contributed by atoms with Crippen molar-refractivity contribution < 1.29 is 4.79 Å². The van der Waals surface area contributed by atoms with Gasteiger partial charge in [-0.05, 0) is 48.6 Å². The number of nitrogens with one attached hydrogen (secondary N) is 1. The van der Waals surface area contributed by atoms with E-state index in [1.165, 1.54) is 34.2 Å². The predicted molar refractivity (Wildman–Crippen MR) is 101 cm³/mol. The maximum absolute atomic E-state index is 12.1. The monoisotopic (exact) mass is 368 g/mol. The summed E-state index contributed by atoms with van der Waals surface area (Å²) in [7, 11) is 0. The molecule has 126 valence electrons. The van der Waals surface area contributed by atoms with Crippen LogP contribution in [0.25, 0.3) is 5.69 Å². The van der Waals surface area contributed by atoms with Crippen LogP contribution in [0.15, 0.2) is 47.2 Å². The first-order valence-corrected chi connectivity index (χ1v) is 9.46. The summed E-state index contributed by atoms with van der Waals surface area (Å²) in [6, 6.07) is 9.98. The summed E-state index contributed by atoms with van der Waals surface area (Å²) in [5.41, 5.74) is 3.96. The molecule has 1 N–H and O–H groups in total. The smallest absolute Gasteiger partial charge is 0.235 e. The number of carbonyl (C=O) groups is 1. The van der Waals surface area contributed by atoms with Crippen molar-refractivity contribution in [1.82, 2.24) is 9.55 Å². The molecule has 25 heavy (non-hydrogen) atoms. The third-order valence-corrected chi connectivity index (χ3v) is 5.54. The van der Waals surface area contributed by atoms with Crippen LogP contribution >= 0.6 is 23.1 Å². The van der Waals surface area contributed by atoms with Crippen molar-refractivity contribution in [3.05, 3.63) is 58.7 Å². The van der Waals surface area contributed by atoms with Crippen LogP contribution < -0.4 is 5.32 Å². The molecule has 3 rings (SSSR count). The standard InChI is InChI=1S/C18H16N4OS2/c1-12-3-4-15(9-13(12)2)22-7-6-20-18(22)25-11-16(23)21-17-14(10-19)5-8-24-17/h3-9H,11H2,1-2H3,(H,21,23). The van der Waals surface area contributed by atoms with Gasteiger partial charge in [0.05, 0.1) is 11.3 Å². The Morgan fingerprint density at radius 1 is 1.36 bits per heavy atom. The molecule has 0 aliphatic heterocycles. The summed E-state index contributed by atoms with van der Waals surface area (Å²) in [5.74, 6) is 0.0727. The Balaban J connectivity index is 1.68. The van der Waals surface area contributed by atoms with Gasteiger partial charge in [-0.2, -0.15) is 5.26 Å². The van der Waals surface area contributed by atoms with Gasteiger partial charge >= 0.3 is 0 Å². The van der Waals surface area contributed by atoms with Gasteiger partial charge in [0.2, 0.25) is 5.91 Å². The number of amides is 1. The Bertz CT molecular complexity index is 952. The maximum Gasteiger partial charge on any atom is 0.235 e. The summed E-state index contributed by atoms with van der Waals surface area (Å²) in [4.78, 5) is 16.5. The van der Waals surface area contributed by atoms with Crippen molar-refractivity contribution in [3.63, 3.8) is 0 Å². The van der Waals surface area contributed by atoms with Crippen LogP contribution in [0.4, 0.5) is 5.00 Å². The molecule has 0 aliphatic carbocycles. The van der Waals surface area contributed by atoms with Crippen LogP contribution in [-0.2, 0) is 4.79 Å². The second kappa shape index (κ2) is 7.55. The molecule has 2 aromatic heterocycles. The van der Waals surface area contributed by atoms with Crippen LogP contribution in [0, 0.1) is 25.2 Å². The van der Waals surface area contributed by atoms with Crippen LogP contribution in [0.5, 0.6) is 0 Å². The van der Waals surface area contributed by atoms with Gasteiger partial charge in [-0.15, -0.1) is 11.3 Å². The minimum Gasteiger partial charge on any atom is -0.316 e. The molecule has 3 aromatic rings. The number of aromatic nitrogens is 2. The van der Waals surface area contributed by atoms with Crippen molar-refractivity contribution in [2.45, 2.75) is 19.0 Å². The third kappa shape index (κ3) is 3.92. The van der Waals surface area contributed by atoms with E-state index in [1.54, 1.807) is 17.6 Å². The fraction of sp³-hybridized carbons (Fsp3) is 0.167. The third-order valence-electron chi connectivity index (χ3n) is 3.75. The first kappa shape index (κ1) is 17.3. The first-order chi connectivity index (χ1) is 12.1. The van der Waals surface area contributed by atoms with E-state index in [2.05, 4.69) is 42.4 Å². The quantitative estimate of drug-likeness (QED) is 0.687. The van der Waals surface area contributed by atoms with E-state index in [1.807, 2.05) is 16.8 Å². The van der Waals surface area contributed by atoms with E-state index in [-0.39, 0.29) is 11.7 Å². The van der Waals surface area contributed by atoms with Gasteiger partial charge in [-0.25, -0.2) is 4.98 Å². The van der Waals surface area contributed by atoms with Gasteiger partial charge in [0.1, 0.15) is 11.1 Å². The highest BCUT2D eigenvalue weighted by atomic mass is 32.2. The van der Waals surface area contributed by atoms with Gasteiger partial charge < -0.3 is 5.32 Å². The molecule has 2 heterocycles. The van der Waals surface area contributed by atoms with E-state index < -0.39 is 0 Å². The van der Waals surface area contributed by atoms with E-state index in [4.69, 9.17) is 5.26 Å². The number of carbonyl (C=O) groups excluding carboxylic acids is 1. The molecule has 0 fully saturated rings. The Morgan fingerprint density at radius 2 is 2.20 bits per heavy atom. The normalized spacial score (nSPS) is 10.4. The van der Waals surface area contributed by atoms with Crippen molar-refractivity contribution in [2.24, 2.45) is 0 Å². The van der Waals surface area contributed by atoms with Crippen LogP contribution in [0.2, 0.25) is 0 Å². The van der Waals surface area contributed by atoms with Crippen molar-refractivity contribution in [1.29, 1.82) is 5.26 Å². The zero-order valence-corrected chi connectivity index (χ0v) is 15.4. The number of thiophene rings is 1.